The third-order valence-corrected chi connectivity index (χ3v) is 4.32. The lowest BCUT2D eigenvalue weighted by Gasteiger charge is -2.35. The van der Waals surface area contributed by atoms with E-state index < -0.39 is 0 Å². The fraction of sp³-hybridized carbons (Fsp3) is 0.444. The molecule has 1 N–H and O–H groups in total. The van der Waals surface area contributed by atoms with Gasteiger partial charge in [0.1, 0.15) is 23.2 Å². The van der Waals surface area contributed by atoms with Crippen LogP contribution in [0.2, 0.25) is 0 Å². The Morgan fingerprint density at radius 2 is 2.24 bits per heavy atom. The van der Waals surface area contributed by atoms with E-state index in [9.17, 15) is 4.39 Å². The molecule has 25 heavy (non-hydrogen) atoms. The number of ether oxygens (including phenoxy) is 2. The van der Waals surface area contributed by atoms with Crippen LogP contribution >= 0.6 is 0 Å². The minimum absolute atomic E-state index is 0.134. The minimum atomic E-state index is -0.273. The van der Waals surface area contributed by atoms with Crippen molar-refractivity contribution in [1.82, 2.24) is 14.9 Å². The molecule has 3 rings (SSSR count). The van der Waals surface area contributed by atoms with Crippen molar-refractivity contribution >= 4 is 5.82 Å². The second-order valence-electron chi connectivity index (χ2n) is 5.98. The van der Waals surface area contributed by atoms with Gasteiger partial charge in [-0.25, -0.2) is 14.4 Å². The zero-order valence-corrected chi connectivity index (χ0v) is 14.8. The lowest BCUT2D eigenvalue weighted by atomic mass is 10.1. The second kappa shape index (κ2) is 7.76. The van der Waals surface area contributed by atoms with Crippen molar-refractivity contribution in [3.05, 3.63) is 47.2 Å². The number of hydrogen-bond donors (Lipinski definition) is 1. The van der Waals surface area contributed by atoms with E-state index in [-0.39, 0.29) is 11.9 Å². The first-order valence-corrected chi connectivity index (χ1v) is 8.29. The molecule has 7 heteroatoms. The average Bonchev–Trinajstić information content (AvgIpc) is 2.63. The number of nitrogens with zero attached hydrogens (tertiary/aromatic N) is 3. The molecule has 1 saturated heterocycles. The predicted molar refractivity (Wildman–Crippen MR) is 93.2 cm³/mol. The van der Waals surface area contributed by atoms with E-state index in [1.807, 2.05) is 20.0 Å². The lowest BCUT2D eigenvalue weighted by Crippen LogP contribution is -2.40. The maximum atomic E-state index is 14.3. The summed E-state index contributed by atoms with van der Waals surface area (Å²) in [5, 5.41) is 3.05. The Labute approximate surface area is 147 Å². The van der Waals surface area contributed by atoms with Gasteiger partial charge in [-0.3, -0.25) is 4.90 Å². The van der Waals surface area contributed by atoms with Crippen LogP contribution in [0.15, 0.2) is 24.3 Å². The standard InChI is InChI=1S/C18H23FN4O2/c1-12-9-17(20-2)22-18(21-12)15-11-25-8-7-23(15)10-13-14(19)5-4-6-16(13)24-3/h4-6,9,15H,7-8,10-11H2,1-3H3,(H,20,21,22). The molecular weight excluding hydrogens is 323 g/mol. The first kappa shape index (κ1) is 17.6. The summed E-state index contributed by atoms with van der Waals surface area (Å²) >= 11 is 0. The topological polar surface area (TPSA) is 59.5 Å². The number of hydrogen-bond acceptors (Lipinski definition) is 6. The summed E-state index contributed by atoms with van der Waals surface area (Å²) in [7, 11) is 3.38. The summed E-state index contributed by atoms with van der Waals surface area (Å²) in [4.78, 5) is 11.3. The highest BCUT2D eigenvalue weighted by molar-refractivity contribution is 5.36. The third-order valence-electron chi connectivity index (χ3n) is 4.32. The van der Waals surface area contributed by atoms with E-state index in [0.717, 1.165) is 11.5 Å². The monoisotopic (exact) mass is 346 g/mol. The Bertz CT molecular complexity index is 741. The van der Waals surface area contributed by atoms with Crippen molar-refractivity contribution in [3.8, 4) is 5.75 Å². The van der Waals surface area contributed by atoms with Gasteiger partial charge < -0.3 is 14.8 Å². The molecular formula is C18H23FN4O2. The minimum Gasteiger partial charge on any atom is -0.496 e. The van der Waals surface area contributed by atoms with Crippen LogP contribution in [0, 0.1) is 12.7 Å². The quantitative estimate of drug-likeness (QED) is 0.898. The van der Waals surface area contributed by atoms with Gasteiger partial charge in [-0.2, -0.15) is 0 Å². The third kappa shape index (κ3) is 3.88. The molecule has 0 radical (unpaired) electrons. The first-order valence-electron chi connectivity index (χ1n) is 8.29. The number of rotatable bonds is 5. The Balaban J connectivity index is 1.91. The van der Waals surface area contributed by atoms with E-state index in [1.165, 1.54) is 6.07 Å². The van der Waals surface area contributed by atoms with Gasteiger partial charge in [-0.15, -0.1) is 0 Å². The smallest absolute Gasteiger partial charge is 0.150 e. The van der Waals surface area contributed by atoms with Crippen molar-refractivity contribution < 1.29 is 13.9 Å². The molecule has 1 atom stereocenters. The maximum Gasteiger partial charge on any atom is 0.150 e. The van der Waals surface area contributed by atoms with Crippen LogP contribution in [-0.2, 0) is 11.3 Å². The summed E-state index contributed by atoms with van der Waals surface area (Å²) in [5.41, 5.74) is 1.42. The molecule has 1 aromatic carbocycles. The van der Waals surface area contributed by atoms with Crippen molar-refractivity contribution in [2.75, 3.05) is 39.2 Å². The SMILES string of the molecule is CNc1cc(C)nc(C2COCCN2Cc2c(F)cccc2OC)n1. The van der Waals surface area contributed by atoms with Crippen LogP contribution in [0.5, 0.6) is 5.75 Å². The Kier molecular flexibility index (Phi) is 5.45. The molecule has 2 heterocycles. The van der Waals surface area contributed by atoms with Gasteiger partial charge in [0.25, 0.3) is 0 Å². The van der Waals surface area contributed by atoms with Crippen molar-refractivity contribution in [2.24, 2.45) is 0 Å². The maximum absolute atomic E-state index is 14.3. The number of morpholine rings is 1. The predicted octanol–water partition coefficient (Wildman–Crippen LogP) is 2.55. The van der Waals surface area contributed by atoms with Crippen LogP contribution < -0.4 is 10.1 Å². The Morgan fingerprint density at radius 3 is 3.00 bits per heavy atom. The number of aromatic nitrogens is 2. The molecule has 1 aliphatic heterocycles. The lowest BCUT2D eigenvalue weighted by molar-refractivity contribution is -0.0166. The highest BCUT2D eigenvalue weighted by Crippen LogP contribution is 2.29. The zero-order valence-electron chi connectivity index (χ0n) is 14.8. The first-order chi connectivity index (χ1) is 12.1. The normalized spacial score (nSPS) is 18.2. The van der Waals surface area contributed by atoms with E-state index in [2.05, 4.69) is 20.2 Å². The second-order valence-corrected chi connectivity index (χ2v) is 5.98. The average molecular weight is 346 g/mol. The number of aryl methyl sites for hydroxylation is 1. The number of anilines is 1. The van der Waals surface area contributed by atoms with E-state index in [1.54, 1.807) is 19.2 Å². The molecule has 1 fully saturated rings. The Morgan fingerprint density at radius 1 is 1.40 bits per heavy atom. The van der Waals surface area contributed by atoms with Crippen LogP contribution in [0.25, 0.3) is 0 Å². The van der Waals surface area contributed by atoms with Gasteiger partial charge in [-0.05, 0) is 19.1 Å². The molecule has 0 aliphatic carbocycles. The number of methoxy groups -OCH3 is 1. The van der Waals surface area contributed by atoms with Crippen LogP contribution in [-0.4, -0.2) is 48.8 Å². The molecule has 0 bridgehead atoms. The van der Waals surface area contributed by atoms with Gasteiger partial charge in [0.05, 0.1) is 26.4 Å². The van der Waals surface area contributed by atoms with Crippen LogP contribution in [0.4, 0.5) is 10.2 Å². The van der Waals surface area contributed by atoms with E-state index in [4.69, 9.17) is 9.47 Å². The molecule has 0 amide bonds. The molecule has 1 unspecified atom stereocenters. The van der Waals surface area contributed by atoms with Crippen LogP contribution in [0.3, 0.4) is 0 Å². The number of nitrogens with one attached hydrogen (secondary N) is 1. The van der Waals surface area contributed by atoms with E-state index >= 15 is 0 Å². The van der Waals surface area contributed by atoms with Crippen molar-refractivity contribution in [1.29, 1.82) is 0 Å². The molecule has 6 nitrogen and oxygen atoms in total. The summed E-state index contributed by atoms with van der Waals surface area (Å²) in [6.45, 7) is 4.09. The number of benzene rings is 1. The molecule has 134 valence electrons. The fourth-order valence-electron chi connectivity index (χ4n) is 3.02. The largest absolute Gasteiger partial charge is 0.496 e. The summed E-state index contributed by atoms with van der Waals surface area (Å²) in [5.74, 6) is 1.72. The summed E-state index contributed by atoms with van der Waals surface area (Å²) in [6, 6.07) is 6.63. The highest BCUT2D eigenvalue weighted by atomic mass is 19.1. The highest BCUT2D eigenvalue weighted by Gasteiger charge is 2.29. The number of halogens is 1. The molecule has 0 spiro atoms. The van der Waals surface area contributed by atoms with Gasteiger partial charge >= 0.3 is 0 Å². The molecule has 0 saturated carbocycles. The van der Waals surface area contributed by atoms with Gasteiger partial charge in [0.15, 0.2) is 0 Å². The summed E-state index contributed by atoms with van der Waals surface area (Å²) in [6.07, 6.45) is 0. The molecule has 2 aromatic rings. The van der Waals surface area contributed by atoms with E-state index in [0.29, 0.717) is 43.4 Å². The molecule has 1 aromatic heterocycles. The van der Waals surface area contributed by atoms with Gasteiger partial charge in [0.2, 0.25) is 0 Å². The Hall–Kier alpha value is -2.25. The summed E-state index contributed by atoms with van der Waals surface area (Å²) < 4.78 is 25.3. The zero-order chi connectivity index (χ0) is 17.8. The van der Waals surface area contributed by atoms with Crippen molar-refractivity contribution in [2.45, 2.75) is 19.5 Å². The molecule has 1 aliphatic rings. The van der Waals surface area contributed by atoms with Gasteiger partial charge in [-0.1, -0.05) is 6.07 Å². The van der Waals surface area contributed by atoms with Crippen molar-refractivity contribution in [3.63, 3.8) is 0 Å². The van der Waals surface area contributed by atoms with Crippen LogP contribution in [0.1, 0.15) is 23.1 Å². The fourth-order valence-corrected chi connectivity index (χ4v) is 3.02. The van der Waals surface area contributed by atoms with Gasteiger partial charge in [0, 0.05) is 37.5 Å².